The van der Waals surface area contributed by atoms with Gasteiger partial charge in [0.25, 0.3) is 0 Å². The second-order valence-corrected chi connectivity index (χ2v) is 2.69. The molecule has 0 aromatic carbocycles. The van der Waals surface area contributed by atoms with Gasteiger partial charge in [-0.05, 0) is 6.42 Å². The third-order valence-electron chi connectivity index (χ3n) is 1.23. The average molecular weight is 226 g/mol. The largest absolute Gasteiger partial charge is 0.465 e. The van der Waals surface area contributed by atoms with Gasteiger partial charge in [-0.3, -0.25) is 4.79 Å². The second kappa shape index (κ2) is 2.66. The summed E-state index contributed by atoms with van der Waals surface area (Å²) in [5.41, 5.74) is 0. The van der Waals surface area contributed by atoms with Crippen molar-refractivity contribution in [1.82, 2.24) is 0 Å². The molecule has 2 nitrogen and oxygen atoms in total. The number of esters is 1. The lowest BCUT2D eigenvalue weighted by atomic mass is 10.1. The molecule has 1 aliphatic heterocycles. The van der Waals surface area contributed by atoms with E-state index < -0.39 is 0 Å². The van der Waals surface area contributed by atoms with E-state index in [2.05, 4.69) is 22.6 Å². The zero-order valence-corrected chi connectivity index (χ0v) is 6.55. The van der Waals surface area contributed by atoms with Crippen molar-refractivity contribution in [3.63, 3.8) is 0 Å². The highest BCUT2D eigenvalue weighted by atomic mass is 127. The first-order valence-electron chi connectivity index (χ1n) is 2.57. The number of alkyl halides is 1. The standard InChI is InChI=1S/C5H7IO2/c6-3-4-1-2-8-5(4)7/h4H,1-3H2. The first-order chi connectivity index (χ1) is 3.84. The molecule has 0 aromatic heterocycles. The summed E-state index contributed by atoms with van der Waals surface area (Å²) in [6.45, 7) is 0.631. The lowest BCUT2D eigenvalue weighted by Gasteiger charge is -1.94. The van der Waals surface area contributed by atoms with Gasteiger partial charge in [-0.1, -0.05) is 22.6 Å². The number of rotatable bonds is 1. The van der Waals surface area contributed by atoms with Crippen LogP contribution in [0.2, 0.25) is 0 Å². The van der Waals surface area contributed by atoms with Crippen LogP contribution < -0.4 is 0 Å². The minimum atomic E-state index is -0.0144. The fraction of sp³-hybridized carbons (Fsp3) is 0.800. The van der Waals surface area contributed by atoms with Gasteiger partial charge in [-0.15, -0.1) is 0 Å². The van der Waals surface area contributed by atoms with Crippen LogP contribution in [-0.2, 0) is 9.53 Å². The molecule has 0 saturated carbocycles. The van der Waals surface area contributed by atoms with E-state index >= 15 is 0 Å². The summed E-state index contributed by atoms with van der Waals surface area (Å²) in [5, 5.41) is 0. The molecule has 0 N–H and O–H groups in total. The van der Waals surface area contributed by atoms with Crippen LogP contribution in [0.1, 0.15) is 6.42 Å². The van der Waals surface area contributed by atoms with Crippen molar-refractivity contribution in [1.29, 1.82) is 0 Å². The Morgan fingerprint density at radius 1 is 1.88 bits per heavy atom. The molecule has 0 aliphatic carbocycles. The lowest BCUT2D eigenvalue weighted by Crippen LogP contribution is -2.07. The van der Waals surface area contributed by atoms with E-state index in [1.807, 2.05) is 0 Å². The normalized spacial score (nSPS) is 28.1. The number of carbonyl (C=O) groups excluding carboxylic acids is 1. The van der Waals surface area contributed by atoms with Gasteiger partial charge >= 0.3 is 5.97 Å². The van der Waals surface area contributed by atoms with Gasteiger partial charge in [0, 0.05) is 4.43 Å². The van der Waals surface area contributed by atoms with E-state index in [9.17, 15) is 4.79 Å². The second-order valence-electron chi connectivity index (χ2n) is 1.81. The molecule has 1 fully saturated rings. The summed E-state index contributed by atoms with van der Waals surface area (Å²) < 4.78 is 5.61. The molecule has 3 heteroatoms. The molecule has 0 aromatic rings. The minimum absolute atomic E-state index is 0.0144. The molecule has 1 unspecified atom stereocenters. The van der Waals surface area contributed by atoms with Crippen molar-refractivity contribution in [2.75, 3.05) is 11.0 Å². The highest BCUT2D eigenvalue weighted by Crippen LogP contribution is 2.15. The van der Waals surface area contributed by atoms with Crippen LogP contribution in [-0.4, -0.2) is 17.0 Å². The van der Waals surface area contributed by atoms with Crippen LogP contribution in [0.5, 0.6) is 0 Å². The zero-order chi connectivity index (χ0) is 5.98. The maximum atomic E-state index is 10.6. The van der Waals surface area contributed by atoms with Crippen LogP contribution in [0, 0.1) is 5.92 Å². The molecular formula is C5H7IO2. The average Bonchev–Trinajstić information content (AvgIpc) is 2.14. The molecule has 1 heterocycles. The highest BCUT2D eigenvalue weighted by molar-refractivity contribution is 14.1. The number of halogens is 1. The molecule has 1 saturated heterocycles. The first kappa shape index (κ1) is 6.32. The molecular weight excluding hydrogens is 219 g/mol. The Morgan fingerprint density at radius 3 is 2.88 bits per heavy atom. The van der Waals surface area contributed by atoms with E-state index in [0.29, 0.717) is 6.61 Å². The van der Waals surface area contributed by atoms with Gasteiger partial charge in [0.05, 0.1) is 12.5 Å². The van der Waals surface area contributed by atoms with Crippen LogP contribution in [0.3, 0.4) is 0 Å². The number of cyclic esters (lactones) is 1. The topological polar surface area (TPSA) is 26.3 Å². The Hall–Kier alpha value is 0.200. The van der Waals surface area contributed by atoms with Gasteiger partial charge < -0.3 is 4.74 Å². The molecule has 0 bridgehead atoms. The molecule has 0 amide bonds. The fourth-order valence-electron chi connectivity index (χ4n) is 0.678. The molecule has 1 atom stereocenters. The predicted molar refractivity (Wildman–Crippen MR) is 38.0 cm³/mol. The Balaban J connectivity index is 2.42. The number of hydrogen-bond acceptors (Lipinski definition) is 2. The summed E-state index contributed by atoms with van der Waals surface area (Å²) >= 11 is 2.20. The van der Waals surface area contributed by atoms with Crippen LogP contribution in [0.15, 0.2) is 0 Å². The van der Waals surface area contributed by atoms with E-state index in [1.54, 1.807) is 0 Å². The molecule has 0 spiro atoms. The van der Waals surface area contributed by atoms with Crippen molar-refractivity contribution in [2.24, 2.45) is 5.92 Å². The van der Waals surface area contributed by atoms with Crippen molar-refractivity contribution in [3.05, 3.63) is 0 Å². The van der Waals surface area contributed by atoms with Gasteiger partial charge in [0.2, 0.25) is 0 Å². The minimum Gasteiger partial charge on any atom is -0.465 e. The molecule has 0 radical (unpaired) electrons. The van der Waals surface area contributed by atoms with Crippen LogP contribution >= 0.6 is 22.6 Å². The van der Waals surface area contributed by atoms with Gasteiger partial charge in [-0.25, -0.2) is 0 Å². The Bertz CT molecular complexity index is 103. The van der Waals surface area contributed by atoms with E-state index in [4.69, 9.17) is 4.74 Å². The van der Waals surface area contributed by atoms with Crippen molar-refractivity contribution >= 4 is 28.6 Å². The SMILES string of the molecule is O=C1OCCC1CI. The van der Waals surface area contributed by atoms with Crippen LogP contribution in [0.25, 0.3) is 0 Å². The summed E-state index contributed by atoms with van der Waals surface area (Å²) in [5.74, 6) is 0.176. The maximum Gasteiger partial charge on any atom is 0.309 e. The van der Waals surface area contributed by atoms with E-state index in [0.717, 1.165) is 10.8 Å². The van der Waals surface area contributed by atoms with Crippen molar-refractivity contribution in [2.45, 2.75) is 6.42 Å². The van der Waals surface area contributed by atoms with E-state index in [1.165, 1.54) is 0 Å². The predicted octanol–water partition coefficient (Wildman–Crippen LogP) is 0.985. The quantitative estimate of drug-likeness (QED) is 0.378. The molecule has 1 rings (SSSR count). The van der Waals surface area contributed by atoms with Crippen molar-refractivity contribution in [3.8, 4) is 0 Å². The summed E-state index contributed by atoms with van der Waals surface area (Å²) in [6, 6.07) is 0. The monoisotopic (exact) mass is 226 g/mol. The van der Waals surface area contributed by atoms with E-state index in [-0.39, 0.29) is 11.9 Å². The molecule has 46 valence electrons. The van der Waals surface area contributed by atoms with Gasteiger partial charge in [0.15, 0.2) is 0 Å². The number of carbonyl (C=O) groups is 1. The summed E-state index contributed by atoms with van der Waals surface area (Å²) in [4.78, 5) is 10.6. The third kappa shape index (κ3) is 1.13. The smallest absolute Gasteiger partial charge is 0.309 e. The Morgan fingerprint density at radius 2 is 2.62 bits per heavy atom. The Kier molecular flexibility index (Phi) is 2.10. The zero-order valence-electron chi connectivity index (χ0n) is 4.39. The first-order valence-corrected chi connectivity index (χ1v) is 4.09. The number of hydrogen-bond donors (Lipinski definition) is 0. The van der Waals surface area contributed by atoms with Gasteiger partial charge in [0.1, 0.15) is 0 Å². The van der Waals surface area contributed by atoms with Crippen LogP contribution in [0.4, 0.5) is 0 Å². The molecule has 1 aliphatic rings. The highest BCUT2D eigenvalue weighted by Gasteiger charge is 2.24. The Labute approximate surface area is 61.7 Å². The fourth-order valence-corrected chi connectivity index (χ4v) is 1.48. The lowest BCUT2D eigenvalue weighted by molar-refractivity contribution is -0.140. The molecule has 8 heavy (non-hydrogen) atoms. The van der Waals surface area contributed by atoms with Gasteiger partial charge in [-0.2, -0.15) is 0 Å². The summed E-state index contributed by atoms with van der Waals surface area (Å²) in [7, 11) is 0. The van der Waals surface area contributed by atoms with Crippen molar-refractivity contribution < 1.29 is 9.53 Å². The third-order valence-corrected chi connectivity index (χ3v) is 2.29. The maximum absolute atomic E-state index is 10.6. The summed E-state index contributed by atoms with van der Waals surface area (Å²) in [6.07, 6.45) is 0.918. The number of ether oxygens (including phenoxy) is 1.